The lowest BCUT2D eigenvalue weighted by molar-refractivity contribution is -0.144. The summed E-state index contributed by atoms with van der Waals surface area (Å²) in [7, 11) is 0. The molecule has 0 fully saturated rings. The molecule has 24 N–H and O–H groups in total. The standard InChI is InChI=1S/C69H101N19O10/c1-7-38(4)56(65(95)82-51(27-16-17-29-70)61(91)86-57(39(5)8-2)66(96)88-58(67(97)98)40(6)9-3)87-64(94)55(34-43-37-80-50-26-15-12-22-46(43)50)85-63(93)54(33-42-36-79-49-25-14-11-21-45(42)49)84-60(90)52(28-19-31-77-69(74)75)81-62(92)53(32-41-35-78-48-24-13-10-20-44(41)48)83-59(89)47(71)23-18-30-76-68(72)73/h10-15,20-22,24-26,35-40,47,51-58,78-80H,7-9,16-19,23,27-34,70-71H2,1-6H3,(H,81,92)(H,82,95)(H,83,89)(H,84,90)(H,85,93)(H,86,91)(H,87,94)(H,88,96)(H,97,98)(H4,72,73,76)(H4,74,75,77)/t38-,39-,40-,47-,51-,52-,53-,54-,55-,56-,57-,58-/m0/s1. The summed E-state index contributed by atoms with van der Waals surface area (Å²) in [6, 6.07) is 10.4. The van der Waals surface area contributed by atoms with Gasteiger partial charge in [-0.05, 0) is 104 Å². The maximum absolute atomic E-state index is 15.5. The Bertz CT molecular complexity index is 3720. The number of para-hydroxylation sites is 3. The second-order valence-corrected chi connectivity index (χ2v) is 25.2. The summed E-state index contributed by atoms with van der Waals surface area (Å²) < 4.78 is 0. The molecule has 0 spiro atoms. The fraction of sp³-hybridized carbons (Fsp3) is 0.493. The van der Waals surface area contributed by atoms with E-state index in [4.69, 9.17) is 34.4 Å². The Kier molecular flexibility index (Phi) is 29.9. The Balaban J connectivity index is 1.34. The van der Waals surface area contributed by atoms with Gasteiger partial charge in [0.05, 0.1) is 6.04 Å². The van der Waals surface area contributed by atoms with Crippen LogP contribution in [0.1, 0.15) is 122 Å². The summed E-state index contributed by atoms with van der Waals surface area (Å²) >= 11 is 0. The van der Waals surface area contributed by atoms with Gasteiger partial charge in [0.1, 0.15) is 48.3 Å². The van der Waals surface area contributed by atoms with Crippen molar-refractivity contribution >= 4 is 97.9 Å². The van der Waals surface area contributed by atoms with Crippen LogP contribution in [0.3, 0.4) is 0 Å². The molecule has 0 aliphatic heterocycles. The summed E-state index contributed by atoms with van der Waals surface area (Å²) in [6.45, 7) is 11.2. The minimum absolute atomic E-state index is 0.0421. The number of carboxylic acid groups (broad SMARTS) is 1. The molecule has 3 heterocycles. The van der Waals surface area contributed by atoms with Crippen molar-refractivity contribution in [2.24, 2.45) is 62.1 Å². The molecule has 0 unspecified atom stereocenters. The molecular formula is C69H101N19O10. The van der Waals surface area contributed by atoms with Gasteiger partial charge in [0.15, 0.2) is 11.9 Å². The van der Waals surface area contributed by atoms with Crippen molar-refractivity contribution in [3.05, 3.63) is 108 Å². The van der Waals surface area contributed by atoms with Gasteiger partial charge >= 0.3 is 5.97 Å². The van der Waals surface area contributed by atoms with Gasteiger partial charge in [-0.25, -0.2) is 4.79 Å². The number of carbonyl (C=O) groups is 9. The van der Waals surface area contributed by atoms with Crippen LogP contribution in [0.25, 0.3) is 32.7 Å². The summed E-state index contributed by atoms with van der Waals surface area (Å²) in [4.78, 5) is 148. The number of carbonyl (C=O) groups excluding carboxylic acids is 8. The average Bonchev–Trinajstić information content (AvgIpc) is 1.68. The van der Waals surface area contributed by atoms with Gasteiger partial charge in [-0.2, -0.15) is 0 Å². The Labute approximate surface area is 570 Å². The van der Waals surface area contributed by atoms with E-state index >= 15 is 14.4 Å². The molecule has 0 aliphatic rings. The second-order valence-electron chi connectivity index (χ2n) is 25.2. The van der Waals surface area contributed by atoms with E-state index in [2.05, 4.69) is 67.5 Å². The number of rotatable bonds is 41. The molecule has 8 amide bonds. The van der Waals surface area contributed by atoms with Gasteiger partial charge in [-0.15, -0.1) is 0 Å². The van der Waals surface area contributed by atoms with Crippen LogP contribution in [-0.4, -0.2) is 159 Å². The second kappa shape index (κ2) is 38.1. The molecule has 0 aliphatic carbocycles. The SMILES string of the molecule is CC[C@H](C)[C@H](NC(=O)[C@@H](NC(=O)[C@H](CCCCN)NC(=O)[C@@H](NC(=O)[C@H](Cc1c[nH]c2ccccc12)NC(=O)[C@H](Cc1c[nH]c2ccccc12)NC(=O)[C@H](CCCN=C(N)N)NC(=O)[C@H](Cc1c[nH]c2ccccc12)NC(=O)[C@@H](N)CCCN=C(N)N)[C@@H](C)CC)[C@@H](C)CC)C(=O)O. The lowest BCUT2D eigenvalue weighted by atomic mass is 9.94. The van der Waals surface area contributed by atoms with Crippen molar-refractivity contribution < 1.29 is 48.3 Å². The van der Waals surface area contributed by atoms with Crippen LogP contribution < -0.4 is 76.9 Å². The first kappa shape index (κ1) is 77.0. The van der Waals surface area contributed by atoms with Gasteiger partial charge in [-0.3, -0.25) is 48.3 Å². The molecule has 532 valence electrons. The quantitative estimate of drug-likeness (QED) is 0.0148. The summed E-state index contributed by atoms with van der Waals surface area (Å²) in [6.07, 6.45) is 7.56. The maximum Gasteiger partial charge on any atom is 0.326 e. The highest BCUT2D eigenvalue weighted by atomic mass is 16.4. The van der Waals surface area contributed by atoms with Crippen molar-refractivity contribution in [1.82, 2.24) is 57.5 Å². The lowest BCUT2D eigenvalue weighted by Crippen LogP contribution is -2.62. The van der Waals surface area contributed by atoms with Crippen LogP contribution in [0.4, 0.5) is 0 Å². The van der Waals surface area contributed by atoms with Crippen molar-refractivity contribution in [3.8, 4) is 0 Å². The van der Waals surface area contributed by atoms with E-state index in [1.54, 1.807) is 46.3 Å². The van der Waals surface area contributed by atoms with Crippen molar-refractivity contribution in [3.63, 3.8) is 0 Å². The largest absolute Gasteiger partial charge is 0.480 e. The number of aliphatic imine (C=N–C) groups is 2. The van der Waals surface area contributed by atoms with E-state index in [0.717, 1.165) is 32.7 Å². The predicted molar refractivity (Wildman–Crippen MR) is 378 cm³/mol. The van der Waals surface area contributed by atoms with Gasteiger partial charge in [0, 0.05) is 83.7 Å². The number of carboxylic acids is 1. The fourth-order valence-corrected chi connectivity index (χ4v) is 11.6. The lowest BCUT2D eigenvalue weighted by Gasteiger charge is -2.31. The number of benzene rings is 3. The van der Waals surface area contributed by atoms with Crippen LogP contribution in [0.2, 0.25) is 0 Å². The van der Waals surface area contributed by atoms with E-state index in [1.165, 1.54) is 0 Å². The van der Waals surface area contributed by atoms with Crippen LogP contribution in [0, 0.1) is 17.8 Å². The number of nitrogens with zero attached hydrogens (tertiary/aromatic N) is 2. The number of nitrogens with two attached hydrogens (primary N) is 6. The number of aromatic amines is 3. The highest BCUT2D eigenvalue weighted by Gasteiger charge is 2.38. The third-order valence-electron chi connectivity index (χ3n) is 18.0. The third-order valence-corrected chi connectivity index (χ3v) is 18.0. The molecule has 3 aromatic heterocycles. The molecule has 29 nitrogen and oxygen atoms in total. The summed E-state index contributed by atoms with van der Waals surface area (Å²) in [5, 5.41) is 34.9. The minimum Gasteiger partial charge on any atom is -0.480 e. The molecule has 12 atom stereocenters. The maximum atomic E-state index is 15.5. The number of aromatic nitrogens is 3. The number of fused-ring (bicyclic) bond motifs is 3. The van der Waals surface area contributed by atoms with E-state index in [1.807, 2.05) is 86.6 Å². The predicted octanol–water partition coefficient (Wildman–Crippen LogP) is 1.82. The molecule has 29 heteroatoms. The summed E-state index contributed by atoms with van der Waals surface area (Å²) in [5.74, 6) is -9.05. The number of hydrogen-bond acceptors (Lipinski definition) is 13. The number of amides is 8. The number of nitrogens with one attached hydrogen (secondary N) is 11. The first-order valence-corrected chi connectivity index (χ1v) is 33.7. The van der Waals surface area contributed by atoms with Gasteiger partial charge in [0.25, 0.3) is 0 Å². The third kappa shape index (κ3) is 22.3. The molecule has 0 saturated heterocycles. The zero-order valence-electron chi connectivity index (χ0n) is 56.9. The molecule has 0 bridgehead atoms. The number of guanidine groups is 2. The number of unbranched alkanes of at least 4 members (excludes halogenated alkanes) is 1. The van der Waals surface area contributed by atoms with Gasteiger partial charge < -0.3 is 97.0 Å². The van der Waals surface area contributed by atoms with Crippen LogP contribution >= 0.6 is 0 Å². The minimum atomic E-state index is -1.47. The van der Waals surface area contributed by atoms with Crippen LogP contribution in [-0.2, 0) is 62.4 Å². The van der Waals surface area contributed by atoms with Crippen LogP contribution in [0.15, 0.2) is 101 Å². The first-order valence-electron chi connectivity index (χ1n) is 33.7. The Morgan fingerprint density at radius 3 is 1.13 bits per heavy atom. The van der Waals surface area contributed by atoms with Gasteiger partial charge in [0.2, 0.25) is 47.3 Å². The van der Waals surface area contributed by atoms with Crippen molar-refractivity contribution in [1.29, 1.82) is 0 Å². The zero-order valence-corrected chi connectivity index (χ0v) is 56.9. The highest BCUT2D eigenvalue weighted by Crippen LogP contribution is 2.24. The van der Waals surface area contributed by atoms with E-state index < -0.39 is 125 Å². The van der Waals surface area contributed by atoms with E-state index in [-0.39, 0.29) is 76.5 Å². The highest BCUT2D eigenvalue weighted by molar-refractivity contribution is 5.99. The monoisotopic (exact) mass is 1360 g/mol. The molecule has 6 rings (SSSR count). The number of aliphatic carboxylic acids is 1. The fourth-order valence-electron chi connectivity index (χ4n) is 11.6. The zero-order chi connectivity index (χ0) is 71.6. The summed E-state index contributed by atoms with van der Waals surface area (Å²) in [5.41, 5.74) is 38.8. The molecule has 0 saturated carbocycles. The molecular weight excluding hydrogens is 1250 g/mol. The Hall–Kier alpha value is -10.0. The topological polar surface area (TPSA) is 498 Å². The molecule has 98 heavy (non-hydrogen) atoms. The Morgan fingerprint density at radius 2 is 0.735 bits per heavy atom. The van der Waals surface area contributed by atoms with Gasteiger partial charge in [-0.1, -0.05) is 115 Å². The molecule has 6 aromatic rings. The molecule has 0 radical (unpaired) electrons. The smallest absolute Gasteiger partial charge is 0.326 e. The van der Waals surface area contributed by atoms with Crippen molar-refractivity contribution in [2.45, 2.75) is 179 Å². The molecule has 3 aromatic carbocycles. The first-order chi connectivity index (χ1) is 46.9. The number of hydrogen-bond donors (Lipinski definition) is 18. The average molecular weight is 1360 g/mol. The van der Waals surface area contributed by atoms with E-state index in [0.29, 0.717) is 55.2 Å². The van der Waals surface area contributed by atoms with Crippen molar-refractivity contribution in [2.75, 3.05) is 19.6 Å². The van der Waals surface area contributed by atoms with E-state index in [9.17, 15) is 33.9 Å². The Morgan fingerprint density at radius 1 is 0.418 bits per heavy atom. The van der Waals surface area contributed by atoms with Crippen LogP contribution in [0.5, 0.6) is 0 Å². The normalized spacial score (nSPS) is 15.1. The number of H-pyrrole nitrogens is 3.